The lowest BCUT2D eigenvalue weighted by Crippen LogP contribution is -2.26. The zero-order chi connectivity index (χ0) is 11.7. The lowest BCUT2D eigenvalue weighted by atomic mass is 9.88. The van der Waals surface area contributed by atoms with Gasteiger partial charge < -0.3 is 10.4 Å². The van der Waals surface area contributed by atoms with Crippen molar-refractivity contribution in [1.82, 2.24) is 5.32 Å². The fraction of sp³-hybridized carbons (Fsp3) is 0.273. The molecular weight excluding hydrogens is 230 g/mol. The van der Waals surface area contributed by atoms with Crippen molar-refractivity contribution >= 4 is 23.5 Å². The summed E-state index contributed by atoms with van der Waals surface area (Å²) in [5, 5.41) is 12.0. The van der Waals surface area contributed by atoms with Crippen molar-refractivity contribution in [2.24, 2.45) is 5.92 Å². The van der Waals surface area contributed by atoms with Gasteiger partial charge in [-0.15, -0.1) is 0 Å². The molecule has 1 aromatic carbocycles. The highest BCUT2D eigenvalue weighted by Crippen LogP contribution is 2.33. The maximum absolute atomic E-state index is 11.4. The summed E-state index contributed by atoms with van der Waals surface area (Å²) in [5.41, 5.74) is 0.704. The minimum atomic E-state index is -1.11. The minimum Gasteiger partial charge on any atom is -0.481 e. The second-order valence-corrected chi connectivity index (χ2v) is 4.10. The van der Waals surface area contributed by atoms with E-state index < -0.39 is 23.7 Å². The predicted octanol–water partition coefficient (Wildman–Crippen LogP) is 1.25. The van der Waals surface area contributed by atoms with Gasteiger partial charge in [0.05, 0.1) is 0 Å². The van der Waals surface area contributed by atoms with Crippen LogP contribution >= 0.6 is 11.6 Å². The summed E-state index contributed by atoms with van der Waals surface area (Å²) >= 11 is 5.99. The van der Waals surface area contributed by atoms with Crippen LogP contribution in [0.3, 0.4) is 0 Å². The van der Waals surface area contributed by atoms with Crippen LogP contribution < -0.4 is 5.32 Å². The third-order valence-electron chi connectivity index (χ3n) is 2.75. The van der Waals surface area contributed by atoms with Crippen molar-refractivity contribution in [3.05, 3.63) is 34.9 Å². The number of amides is 1. The second-order valence-electron chi connectivity index (χ2n) is 3.69. The molecule has 0 spiro atoms. The molecule has 16 heavy (non-hydrogen) atoms. The third kappa shape index (κ3) is 1.76. The quantitative estimate of drug-likeness (QED) is 0.764. The van der Waals surface area contributed by atoms with Crippen molar-refractivity contribution in [3.8, 4) is 0 Å². The Balaban J connectivity index is 2.38. The van der Waals surface area contributed by atoms with Gasteiger partial charge in [-0.2, -0.15) is 0 Å². The van der Waals surface area contributed by atoms with Crippen LogP contribution in [0.15, 0.2) is 24.3 Å². The van der Waals surface area contributed by atoms with E-state index in [4.69, 9.17) is 16.7 Å². The topological polar surface area (TPSA) is 66.4 Å². The molecule has 0 bridgehead atoms. The molecule has 0 aromatic heterocycles. The first-order chi connectivity index (χ1) is 7.61. The van der Waals surface area contributed by atoms with E-state index in [2.05, 4.69) is 5.32 Å². The number of rotatable bonds is 2. The molecular formula is C11H10ClNO3. The molecule has 1 aliphatic heterocycles. The number of hydrogen-bond donors (Lipinski definition) is 2. The van der Waals surface area contributed by atoms with Crippen LogP contribution in [0.5, 0.6) is 0 Å². The third-order valence-corrected chi connectivity index (χ3v) is 3.10. The monoisotopic (exact) mass is 239 g/mol. The van der Waals surface area contributed by atoms with Gasteiger partial charge in [0.2, 0.25) is 5.91 Å². The molecule has 1 heterocycles. The largest absolute Gasteiger partial charge is 0.481 e. The number of carbonyl (C=O) groups is 2. The standard InChI is InChI=1S/C11H10ClNO3/c12-8-4-2-1-3-6(8)7-5-13-10(14)9(7)11(15)16/h1-4,7,9H,5H2,(H,13,14)(H,15,16)/t7-,9+/m1/s1. The lowest BCUT2D eigenvalue weighted by molar-refractivity contribution is -0.145. The number of nitrogens with one attached hydrogen (secondary N) is 1. The fourth-order valence-corrected chi connectivity index (χ4v) is 2.25. The van der Waals surface area contributed by atoms with Gasteiger partial charge in [-0.3, -0.25) is 9.59 Å². The first-order valence-corrected chi connectivity index (χ1v) is 5.24. The minimum absolute atomic E-state index is 0.319. The normalized spacial score (nSPS) is 24.2. The van der Waals surface area contributed by atoms with Crippen molar-refractivity contribution in [1.29, 1.82) is 0 Å². The van der Waals surface area contributed by atoms with E-state index in [-0.39, 0.29) is 0 Å². The summed E-state index contributed by atoms with van der Waals surface area (Å²) in [6.07, 6.45) is 0. The van der Waals surface area contributed by atoms with Crippen LogP contribution in [0, 0.1) is 5.92 Å². The number of carboxylic acid groups (broad SMARTS) is 1. The van der Waals surface area contributed by atoms with E-state index in [1.807, 2.05) is 0 Å². The number of benzene rings is 1. The van der Waals surface area contributed by atoms with Crippen LogP contribution in [0.4, 0.5) is 0 Å². The Kier molecular flexibility index (Phi) is 2.83. The number of hydrogen-bond acceptors (Lipinski definition) is 2. The predicted molar refractivity (Wildman–Crippen MR) is 58.3 cm³/mol. The zero-order valence-electron chi connectivity index (χ0n) is 8.31. The Bertz CT molecular complexity index is 447. The smallest absolute Gasteiger partial charge is 0.316 e. The van der Waals surface area contributed by atoms with Crippen molar-refractivity contribution in [2.75, 3.05) is 6.54 Å². The summed E-state index contributed by atoms with van der Waals surface area (Å²) < 4.78 is 0. The first-order valence-electron chi connectivity index (χ1n) is 4.86. The zero-order valence-corrected chi connectivity index (χ0v) is 9.07. The van der Waals surface area contributed by atoms with Crippen LogP contribution in [0.2, 0.25) is 5.02 Å². The SMILES string of the molecule is O=C(O)[C@@H]1C(=O)NC[C@@H]1c1ccccc1Cl. The van der Waals surface area contributed by atoms with E-state index in [0.29, 0.717) is 17.1 Å². The second kappa shape index (κ2) is 4.14. The van der Waals surface area contributed by atoms with E-state index in [0.717, 1.165) is 0 Å². The molecule has 4 nitrogen and oxygen atoms in total. The Morgan fingerprint density at radius 2 is 2.12 bits per heavy atom. The van der Waals surface area contributed by atoms with Gasteiger partial charge in [-0.05, 0) is 11.6 Å². The summed E-state index contributed by atoms with van der Waals surface area (Å²) in [7, 11) is 0. The van der Waals surface area contributed by atoms with Gasteiger partial charge >= 0.3 is 5.97 Å². The Hall–Kier alpha value is -1.55. The average Bonchev–Trinajstić information content (AvgIpc) is 2.61. The molecule has 1 aliphatic rings. The summed E-state index contributed by atoms with van der Waals surface area (Å²) in [6.45, 7) is 0.319. The van der Waals surface area contributed by atoms with Gasteiger partial charge in [0, 0.05) is 17.5 Å². The maximum Gasteiger partial charge on any atom is 0.316 e. The van der Waals surface area contributed by atoms with Gasteiger partial charge in [0.1, 0.15) is 5.92 Å². The number of carbonyl (C=O) groups excluding carboxylic acids is 1. The van der Waals surface area contributed by atoms with Gasteiger partial charge in [0.25, 0.3) is 0 Å². The Morgan fingerprint density at radius 1 is 1.44 bits per heavy atom. The number of carboxylic acids is 1. The maximum atomic E-state index is 11.4. The fourth-order valence-electron chi connectivity index (χ4n) is 1.97. The van der Waals surface area contributed by atoms with Crippen molar-refractivity contribution in [3.63, 3.8) is 0 Å². The molecule has 0 unspecified atom stereocenters. The van der Waals surface area contributed by atoms with Gasteiger partial charge in [-0.25, -0.2) is 0 Å². The Labute approximate surface area is 97.2 Å². The van der Waals surface area contributed by atoms with Crippen molar-refractivity contribution in [2.45, 2.75) is 5.92 Å². The molecule has 0 radical (unpaired) electrons. The summed E-state index contributed by atoms with van der Waals surface area (Å²) in [4.78, 5) is 22.4. The van der Waals surface area contributed by atoms with Gasteiger partial charge in [-0.1, -0.05) is 29.8 Å². The highest BCUT2D eigenvalue weighted by atomic mass is 35.5. The average molecular weight is 240 g/mol. The van der Waals surface area contributed by atoms with Crippen LogP contribution in [-0.4, -0.2) is 23.5 Å². The Morgan fingerprint density at radius 3 is 2.75 bits per heavy atom. The molecule has 0 aliphatic carbocycles. The van der Waals surface area contributed by atoms with E-state index in [9.17, 15) is 9.59 Å². The lowest BCUT2D eigenvalue weighted by Gasteiger charge is -2.14. The van der Waals surface area contributed by atoms with Crippen LogP contribution in [-0.2, 0) is 9.59 Å². The molecule has 2 rings (SSSR count). The molecule has 2 N–H and O–H groups in total. The molecule has 1 saturated heterocycles. The molecule has 1 aromatic rings. The molecule has 84 valence electrons. The molecule has 5 heteroatoms. The molecule has 1 amide bonds. The van der Waals surface area contributed by atoms with E-state index >= 15 is 0 Å². The van der Waals surface area contributed by atoms with Crippen LogP contribution in [0.1, 0.15) is 11.5 Å². The summed E-state index contributed by atoms with van der Waals surface area (Å²) in [6, 6.07) is 7.00. The molecule has 0 saturated carbocycles. The highest BCUT2D eigenvalue weighted by molar-refractivity contribution is 6.31. The molecule has 1 fully saturated rings. The number of aliphatic carboxylic acids is 1. The number of halogens is 1. The van der Waals surface area contributed by atoms with Crippen molar-refractivity contribution < 1.29 is 14.7 Å². The summed E-state index contributed by atoms with van der Waals surface area (Å²) in [5.74, 6) is -2.99. The van der Waals surface area contributed by atoms with E-state index in [1.54, 1.807) is 24.3 Å². The first kappa shape index (κ1) is 11.0. The van der Waals surface area contributed by atoms with Crippen LogP contribution in [0.25, 0.3) is 0 Å². The van der Waals surface area contributed by atoms with E-state index in [1.165, 1.54) is 0 Å². The molecule has 2 atom stereocenters. The highest BCUT2D eigenvalue weighted by Gasteiger charge is 2.41. The van der Waals surface area contributed by atoms with Gasteiger partial charge in [0.15, 0.2) is 0 Å².